The number of hydrogen-bond acceptors (Lipinski definition) is 4. The molecule has 2 fully saturated rings. The summed E-state index contributed by atoms with van der Waals surface area (Å²) in [6, 6.07) is -0.0688. The van der Waals surface area contributed by atoms with E-state index in [9.17, 15) is 9.59 Å². The third-order valence-corrected chi connectivity index (χ3v) is 4.57. The summed E-state index contributed by atoms with van der Waals surface area (Å²) in [5.41, 5.74) is 0. The molecule has 0 bridgehead atoms. The van der Waals surface area contributed by atoms with Gasteiger partial charge in [0.05, 0.1) is 12.5 Å². The van der Waals surface area contributed by atoms with Crippen LogP contribution in [0.2, 0.25) is 0 Å². The number of carbonyl (C=O) groups excluding carboxylic acids is 2. The van der Waals surface area contributed by atoms with Gasteiger partial charge < -0.3 is 5.32 Å². The van der Waals surface area contributed by atoms with Gasteiger partial charge in [0.2, 0.25) is 11.8 Å². The lowest BCUT2D eigenvalue weighted by Crippen LogP contribution is -2.45. The summed E-state index contributed by atoms with van der Waals surface area (Å²) in [4.78, 5) is 28.4. The van der Waals surface area contributed by atoms with Crippen LogP contribution in [0.3, 0.4) is 0 Å². The number of carbonyl (C=O) groups is 2. The van der Waals surface area contributed by atoms with Gasteiger partial charge in [0, 0.05) is 6.04 Å². The first-order chi connectivity index (χ1) is 9.65. The molecule has 2 aliphatic rings. The Kier molecular flexibility index (Phi) is 5.54. The summed E-state index contributed by atoms with van der Waals surface area (Å²) in [7, 11) is 3.88. The van der Waals surface area contributed by atoms with E-state index >= 15 is 0 Å². The monoisotopic (exact) mass is 281 g/mol. The van der Waals surface area contributed by atoms with Crippen molar-refractivity contribution in [2.45, 2.75) is 57.0 Å². The lowest BCUT2D eigenvalue weighted by atomic mass is 9.94. The second-order valence-electron chi connectivity index (χ2n) is 6.05. The van der Waals surface area contributed by atoms with Crippen LogP contribution < -0.4 is 5.32 Å². The van der Waals surface area contributed by atoms with E-state index in [1.54, 1.807) is 4.90 Å². The van der Waals surface area contributed by atoms with Crippen molar-refractivity contribution in [1.82, 2.24) is 15.1 Å². The first-order valence-corrected chi connectivity index (χ1v) is 7.86. The molecule has 5 nitrogen and oxygen atoms in total. The predicted octanol–water partition coefficient (Wildman–Crippen LogP) is 0.988. The van der Waals surface area contributed by atoms with Gasteiger partial charge in [0.25, 0.3) is 0 Å². The molecule has 2 rings (SSSR count). The molecular formula is C15H27N3O2. The molecule has 0 spiro atoms. The van der Waals surface area contributed by atoms with Crippen LogP contribution in [0, 0.1) is 0 Å². The summed E-state index contributed by atoms with van der Waals surface area (Å²) < 4.78 is 0. The second kappa shape index (κ2) is 7.18. The van der Waals surface area contributed by atoms with Gasteiger partial charge >= 0.3 is 0 Å². The van der Waals surface area contributed by atoms with Crippen LogP contribution in [0.4, 0.5) is 0 Å². The standard InChI is InChI=1S/C15H27N3O2/c1-16-9-6-10-17(2)13-11-14(19)18(15(13)20)12-7-4-3-5-8-12/h12-13,16H,3-11H2,1-2H3. The zero-order valence-corrected chi connectivity index (χ0v) is 12.7. The number of hydrogen-bond donors (Lipinski definition) is 1. The molecule has 0 aromatic heterocycles. The first kappa shape index (κ1) is 15.4. The molecule has 0 aromatic rings. The number of amides is 2. The van der Waals surface area contributed by atoms with Crippen LogP contribution in [-0.4, -0.2) is 60.9 Å². The maximum atomic E-state index is 12.5. The molecular weight excluding hydrogens is 254 g/mol. The third-order valence-electron chi connectivity index (χ3n) is 4.57. The zero-order chi connectivity index (χ0) is 14.5. The van der Waals surface area contributed by atoms with E-state index in [1.165, 1.54) is 6.42 Å². The van der Waals surface area contributed by atoms with Gasteiger partial charge in [-0.3, -0.25) is 19.4 Å². The minimum Gasteiger partial charge on any atom is -0.320 e. The van der Waals surface area contributed by atoms with Gasteiger partial charge in [0.1, 0.15) is 0 Å². The van der Waals surface area contributed by atoms with Crippen molar-refractivity contribution in [2.75, 3.05) is 27.2 Å². The summed E-state index contributed by atoms with van der Waals surface area (Å²) in [6.07, 6.45) is 6.87. The van der Waals surface area contributed by atoms with Crippen molar-refractivity contribution in [3.63, 3.8) is 0 Å². The average molecular weight is 281 g/mol. The van der Waals surface area contributed by atoms with E-state index < -0.39 is 0 Å². The molecule has 1 aliphatic heterocycles. The van der Waals surface area contributed by atoms with E-state index in [1.807, 2.05) is 19.0 Å². The van der Waals surface area contributed by atoms with E-state index in [-0.39, 0.29) is 23.9 Å². The number of nitrogens with zero attached hydrogens (tertiary/aromatic N) is 2. The van der Waals surface area contributed by atoms with Gasteiger partial charge in [0.15, 0.2) is 0 Å². The molecule has 1 saturated carbocycles. The van der Waals surface area contributed by atoms with E-state index in [2.05, 4.69) is 5.32 Å². The molecule has 1 heterocycles. The Labute approximate surface area is 121 Å². The number of likely N-dealkylation sites (N-methyl/N-ethyl adjacent to an activating group) is 1. The summed E-state index contributed by atoms with van der Waals surface area (Å²) in [5.74, 6) is 0.0706. The van der Waals surface area contributed by atoms with Crippen LogP contribution in [0.1, 0.15) is 44.9 Å². The van der Waals surface area contributed by atoms with Gasteiger partial charge in [-0.05, 0) is 46.4 Å². The Morgan fingerprint density at radius 2 is 1.95 bits per heavy atom. The highest BCUT2D eigenvalue weighted by Crippen LogP contribution is 2.28. The number of nitrogens with one attached hydrogen (secondary N) is 1. The van der Waals surface area contributed by atoms with Gasteiger partial charge in [-0.2, -0.15) is 0 Å². The summed E-state index contributed by atoms with van der Waals surface area (Å²) in [6.45, 7) is 1.79. The lowest BCUT2D eigenvalue weighted by Gasteiger charge is -2.30. The fraction of sp³-hybridized carbons (Fsp3) is 0.867. The topological polar surface area (TPSA) is 52.7 Å². The smallest absolute Gasteiger partial charge is 0.247 e. The molecule has 0 aromatic carbocycles. The molecule has 1 saturated heterocycles. The van der Waals surface area contributed by atoms with E-state index in [0.717, 1.165) is 45.2 Å². The average Bonchev–Trinajstić information content (AvgIpc) is 2.75. The van der Waals surface area contributed by atoms with Gasteiger partial charge in [-0.15, -0.1) is 0 Å². The van der Waals surface area contributed by atoms with Crippen LogP contribution in [0.5, 0.6) is 0 Å². The minimum atomic E-state index is -0.235. The molecule has 114 valence electrons. The van der Waals surface area contributed by atoms with E-state index in [0.29, 0.717) is 6.42 Å². The molecule has 1 unspecified atom stereocenters. The molecule has 1 N–H and O–H groups in total. The highest BCUT2D eigenvalue weighted by atomic mass is 16.2. The van der Waals surface area contributed by atoms with Crippen LogP contribution in [0.15, 0.2) is 0 Å². The number of imide groups is 1. The van der Waals surface area contributed by atoms with Gasteiger partial charge in [-0.1, -0.05) is 19.3 Å². The van der Waals surface area contributed by atoms with Crippen molar-refractivity contribution in [3.05, 3.63) is 0 Å². The summed E-state index contributed by atoms with van der Waals surface area (Å²) in [5, 5.41) is 3.11. The van der Waals surface area contributed by atoms with Gasteiger partial charge in [-0.25, -0.2) is 0 Å². The fourth-order valence-electron chi connectivity index (χ4n) is 3.36. The fourth-order valence-corrected chi connectivity index (χ4v) is 3.36. The second-order valence-corrected chi connectivity index (χ2v) is 6.05. The highest BCUT2D eigenvalue weighted by Gasteiger charge is 2.43. The predicted molar refractivity (Wildman–Crippen MR) is 78.3 cm³/mol. The van der Waals surface area contributed by atoms with Crippen LogP contribution in [-0.2, 0) is 9.59 Å². The Morgan fingerprint density at radius 1 is 1.25 bits per heavy atom. The van der Waals surface area contributed by atoms with Crippen LogP contribution >= 0.6 is 0 Å². The van der Waals surface area contributed by atoms with Crippen molar-refractivity contribution >= 4 is 11.8 Å². The molecule has 1 aliphatic carbocycles. The third kappa shape index (κ3) is 3.38. The summed E-state index contributed by atoms with van der Waals surface area (Å²) >= 11 is 0. The highest BCUT2D eigenvalue weighted by molar-refractivity contribution is 6.05. The SMILES string of the molecule is CNCCCN(C)C1CC(=O)N(C2CCCCC2)C1=O. The normalized spacial score (nSPS) is 24.9. The maximum Gasteiger partial charge on any atom is 0.247 e. The molecule has 2 amide bonds. The Morgan fingerprint density at radius 3 is 2.60 bits per heavy atom. The largest absolute Gasteiger partial charge is 0.320 e. The number of likely N-dealkylation sites (tertiary alicyclic amines) is 1. The molecule has 20 heavy (non-hydrogen) atoms. The Hall–Kier alpha value is -0.940. The van der Waals surface area contributed by atoms with E-state index in [4.69, 9.17) is 0 Å². The van der Waals surface area contributed by atoms with Crippen LogP contribution in [0.25, 0.3) is 0 Å². The quantitative estimate of drug-likeness (QED) is 0.583. The Balaban J connectivity index is 1.93. The van der Waals surface area contributed by atoms with Crippen molar-refractivity contribution in [2.24, 2.45) is 0 Å². The van der Waals surface area contributed by atoms with Crippen molar-refractivity contribution < 1.29 is 9.59 Å². The zero-order valence-electron chi connectivity index (χ0n) is 12.7. The Bertz CT molecular complexity index is 353. The molecule has 0 radical (unpaired) electrons. The first-order valence-electron chi connectivity index (χ1n) is 7.86. The minimum absolute atomic E-state index is 0.0346. The van der Waals surface area contributed by atoms with Crippen molar-refractivity contribution in [1.29, 1.82) is 0 Å². The van der Waals surface area contributed by atoms with Crippen molar-refractivity contribution in [3.8, 4) is 0 Å². The maximum absolute atomic E-state index is 12.5. The number of rotatable bonds is 6. The molecule has 5 heteroatoms. The molecule has 1 atom stereocenters. The lowest BCUT2D eigenvalue weighted by molar-refractivity contribution is -0.143.